The minimum Gasteiger partial charge on any atom is -0.479 e. The maximum absolute atomic E-state index is 13.5. The van der Waals surface area contributed by atoms with Gasteiger partial charge in [-0.2, -0.15) is 18.3 Å². The van der Waals surface area contributed by atoms with Gasteiger partial charge in [-0.3, -0.25) is 0 Å². The smallest absolute Gasteiger partial charge is 0.435 e. The second-order valence-electron chi connectivity index (χ2n) is 8.58. The lowest BCUT2D eigenvalue weighted by molar-refractivity contribution is -0.278. The van der Waals surface area contributed by atoms with Crippen molar-refractivity contribution in [1.29, 1.82) is 0 Å². The first-order valence-electron chi connectivity index (χ1n) is 11.1. The van der Waals surface area contributed by atoms with Gasteiger partial charge in [0.25, 0.3) is 0 Å². The quantitative estimate of drug-likeness (QED) is 0.247. The van der Waals surface area contributed by atoms with Crippen molar-refractivity contribution in [3.63, 3.8) is 0 Å². The van der Waals surface area contributed by atoms with Crippen LogP contribution < -0.4 is 5.14 Å². The van der Waals surface area contributed by atoms with Gasteiger partial charge in [0, 0.05) is 5.56 Å². The number of sulfonamides is 1. The Kier molecular flexibility index (Phi) is 7.72. The van der Waals surface area contributed by atoms with Crippen LogP contribution in [0.25, 0.3) is 16.9 Å². The molecule has 3 aromatic rings. The van der Waals surface area contributed by atoms with E-state index < -0.39 is 64.5 Å². The Bertz CT molecular complexity index is 1520. The monoisotopic (exact) mass is 587 g/mol. The molecule has 2 heterocycles. The molecule has 1 saturated heterocycles. The number of carboxylic acid groups (broad SMARTS) is 1. The fraction of sp³-hybridized carbons (Fsp3) is 0.261. The Balaban J connectivity index is 1.61. The van der Waals surface area contributed by atoms with E-state index in [2.05, 4.69) is 5.10 Å². The number of primary sulfonamides is 1. The lowest BCUT2D eigenvalue weighted by Gasteiger charge is -2.37. The number of aliphatic hydroxyl groups is 3. The summed E-state index contributed by atoms with van der Waals surface area (Å²) in [6.07, 6.45) is -14.8. The number of carbonyl (C=O) groups excluding carboxylic acids is 1. The fourth-order valence-electron chi connectivity index (χ4n) is 3.80. The maximum Gasteiger partial charge on any atom is 0.435 e. The summed E-state index contributed by atoms with van der Waals surface area (Å²) in [6.45, 7) is 0. The number of esters is 1. The molecule has 0 aliphatic carbocycles. The van der Waals surface area contributed by atoms with Crippen molar-refractivity contribution in [3.05, 3.63) is 65.9 Å². The molecule has 4 rings (SSSR count). The van der Waals surface area contributed by atoms with Crippen LogP contribution >= 0.6 is 0 Å². The predicted octanol–water partition coefficient (Wildman–Crippen LogP) is 0.254. The minimum atomic E-state index is -4.82. The van der Waals surface area contributed by atoms with Gasteiger partial charge >= 0.3 is 18.1 Å². The predicted molar refractivity (Wildman–Crippen MR) is 125 cm³/mol. The average molecular weight is 587 g/mol. The number of hydrogen-bond donors (Lipinski definition) is 5. The average Bonchev–Trinajstić information content (AvgIpc) is 3.35. The Morgan fingerprint density at radius 3 is 2.10 bits per heavy atom. The summed E-state index contributed by atoms with van der Waals surface area (Å²) in [5.41, 5.74) is -1.31. The highest BCUT2D eigenvalue weighted by Gasteiger charge is 2.48. The van der Waals surface area contributed by atoms with Crippen LogP contribution in [0.2, 0.25) is 0 Å². The summed E-state index contributed by atoms with van der Waals surface area (Å²) in [5, 5.41) is 47.3. The van der Waals surface area contributed by atoms with Gasteiger partial charge in [0.2, 0.25) is 16.3 Å². The Morgan fingerprint density at radius 1 is 0.975 bits per heavy atom. The van der Waals surface area contributed by atoms with Crippen molar-refractivity contribution >= 4 is 22.0 Å². The number of benzene rings is 2. The third-order valence-corrected chi connectivity index (χ3v) is 6.79. The van der Waals surface area contributed by atoms with Crippen molar-refractivity contribution in [3.8, 4) is 16.9 Å². The number of aliphatic carboxylic acids is 1. The van der Waals surface area contributed by atoms with E-state index in [1.807, 2.05) is 0 Å². The van der Waals surface area contributed by atoms with Crippen LogP contribution in [0.1, 0.15) is 16.1 Å². The SMILES string of the molecule is NS(=O)(=O)c1ccc(-n2nc(C(F)(F)F)cc2-c2ccc(C(=O)OC3O[C@@H](C(=O)O)[C@H](O)[C@@H](O)[C@@H]3O)cc2)cc1. The van der Waals surface area contributed by atoms with Gasteiger partial charge < -0.3 is 29.9 Å². The second kappa shape index (κ2) is 10.6. The molecule has 1 unspecified atom stereocenters. The number of ether oxygens (including phenoxy) is 2. The normalized spacial score (nSPS) is 23.5. The second-order valence-corrected chi connectivity index (χ2v) is 10.1. The Labute approximate surface area is 222 Å². The van der Waals surface area contributed by atoms with Crippen LogP contribution in [-0.2, 0) is 30.5 Å². The van der Waals surface area contributed by atoms with Crippen molar-refractivity contribution in [2.75, 3.05) is 0 Å². The van der Waals surface area contributed by atoms with E-state index in [4.69, 9.17) is 19.7 Å². The number of carbonyl (C=O) groups is 2. The van der Waals surface area contributed by atoms with E-state index in [0.717, 1.165) is 35.0 Å². The third kappa shape index (κ3) is 5.83. The topological polar surface area (TPSA) is 211 Å². The summed E-state index contributed by atoms with van der Waals surface area (Å²) in [5.74, 6) is -2.83. The summed E-state index contributed by atoms with van der Waals surface area (Å²) in [6, 6.07) is 10.1. The van der Waals surface area contributed by atoms with Crippen LogP contribution in [0.5, 0.6) is 0 Å². The van der Waals surface area contributed by atoms with Crippen LogP contribution in [-0.4, -0.2) is 81.3 Å². The van der Waals surface area contributed by atoms with Gasteiger partial charge in [-0.05, 0) is 42.5 Å². The number of hydrogen-bond acceptors (Lipinski definition) is 10. The fourth-order valence-corrected chi connectivity index (χ4v) is 4.31. The van der Waals surface area contributed by atoms with E-state index in [1.165, 1.54) is 24.3 Å². The molecule has 2 aromatic carbocycles. The Morgan fingerprint density at radius 2 is 1.57 bits per heavy atom. The summed E-state index contributed by atoms with van der Waals surface area (Å²) in [4.78, 5) is 23.5. The molecule has 1 fully saturated rings. The molecule has 0 bridgehead atoms. The number of halogens is 3. The molecule has 13 nitrogen and oxygen atoms in total. The van der Waals surface area contributed by atoms with Gasteiger partial charge in [0.05, 0.1) is 21.8 Å². The van der Waals surface area contributed by atoms with E-state index in [9.17, 15) is 46.5 Å². The van der Waals surface area contributed by atoms with E-state index in [-0.39, 0.29) is 27.4 Å². The number of nitrogens with two attached hydrogens (primary N) is 1. The van der Waals surface area contributed by atoms with Gasteiger partial charge in [-0.15, -0.1) is 0 Å². The maximum atomic E-state index is 13.5. The lowest BCUT2D eigenvalue weighted by Crippen LogP contribution is -2.60. The molecule has 1 aliphatic heterocycles. The third-order valence-electron chi connectivity index (χ3n) is 5.86. The zero-order valence-electron chi connectivity index (χ0n) is 19.8. The van der Waals surface area contributed by atoms with Crippen LogP contribution in [0.3, 0.4) is 0 Å². The number of carboxylic acids is 1. The van der Waals surface area contributed by atoms with Gasteiger partial charge in [0.15, 0.2) is 11.8 Å². The molecule has 17 heteroatoms. The number of nitrogens with zero attached hydrogens (tertiary/aromatic N) is 2. The zero-order valence-corrected chi connectivity index (χ0v) is 20.7. The standard InChI is InChI=1S/C23H20F3N3O10S/c24-23(25,26)15-9-14(29(28-15)12-5-7-13(8-6-12)40(27,36)37)10-1-3-11(4-2-10)21(35)39-22-18(32)16(30)17(31)19(38-22)20(33)34/h1-9,16-19,22,30-32H,(H,33,34)(H2,27,36,37)/t16-,17-,18+,19-,22?/m1/s1. The highest BCUT2D eigenvalue weighted by molar-refractivity contribution is 7.89. The zero-order chi connectivity index (χ0) is 29.6. The van der Waals surface area contributed by atoms with E-state index in [0.29, 0.717) is 0 Å². The van der Waals surface area contributed by atoms with Crippen molar-refractivity contribution in [2.24, 2.45) is 5.14 Å². The summed E-state index contributed by atoms with van der Waals surface area (Å²) >= 11 is 0. The van der Waals surface area contributed by atoms with Crippen LogP contribution in [0, 0.1) is 0 Å². The summed E-state index contributed by atoms with van der Waals surface area (Å²) < 4.78 is 74.1. The highest BCUT2D eigenvalue weighted by Crippen LogP contribution is 2.33. The Hall–Kier alpha value is -3.87. The minimum absolute atomic E-state index is 0.0681. The molecule has 0 radical (unpaired) electrons. The van der Waals surface area contributed by atoms with Crippen LogP contribution in [0.15, 0.2) is 59.5 Å². The molecule has 0 amide bonds. The first-order chi connectivity index (χ1) is 18.6. The first-order valence-corrected chi connectivity index (χ1v) is 12.7. The van der Waals surface area contributed by atoms with Crippen LogP contribution in [0.4, 0.5) is 13.2 Å². The number of aromatic nitrogens is 2. The molecular weight excluding hydrogens is 567 g/mol. The highest BCUT2D eigenvalue weighted by atomic mass is 32.2. The molecule has 6 N–H and O–H groups in total. The molecule has 40 heavy (non-hydrogen) atoms. The number of rotatable bonds is 6. The van der Waals surface area contributed by atoms with Gasteiger partial charge in [-0.1, -0.05) is 12.1 Å². The van der Waals surface area contributed by atoms with Crippen molar-refractivity contribution < 1.29 is 61.1 Å². The molecule has 1 aliphatic rings. The molecule has 214 valence electrons. The molecule has 0 spiro atoms. The van der Waals surface area contributed by atoms with Gasteiger partial charge in [-0.25, -0.2) is 27.8 Å². The molecule has 5 atom stereocenters. The van der Waals surface area contributed by atoms with E-state index in [1.54, 1.807) is 0 Å². The number of alkyl halides is 3. The molecule has 0 saturated carbocycles. The molecular formula is C23H20F3N3O10S. The van der Waals surface area contributed by atoms with E-state index >= 15 is 0 Å². The largest absolute Gasteiger partial charge is 0.479 e. The summed E-state index contributed by atoms with van der Waals surface area (Å²) in [7, 11) is -4.06. The molecule has 1 aromatic heterocycles. The number of aliphatic hydroxyl groups excluding tert-OH is 3. The van der Waals surface area contributed by atoms with Gasteiger partial charge in [0.1, 0.15) is 18.3 Å². The van der Waals surface area contributed by atoms with Crippen molar-refractivity contribution in [2.45, 2.75) is 41.8 Å². The lowest BCUT2D eigenvalue weighted by atomic mass is 9.99. The van der Waals surface area contributed by atoms with Crippen molar-refractivity contribution in [1.82, 2.24) is 9.78 Å². The first kappa shape index (κ1) is 29.1.